The summed E-state index contributed by atoms with van der Waals surface area (Å²) in [6, 6.07) is 0. The Bertz CT molecular complexity index is 125. The van der Waals surface area contributed by atoms with E-state index in [1.54, 1.807) is 6.92 Å². The van der Waals surface area contributed by atoms with E-state index in [1.807, 2.05) is 0 Å². The number of hydrogen-bond acceptors (Lipinski definition) is 1. The molecule has 0 heterocycles. The standard InChI is InChI=1S/C7H12F2O/c1-5-3-2-4-7(8,9)6(5)10/h5-6,10H,2-4H2,1H3. The highest BCUT2D eigenvalue weighted by molar-refractivity contribution is 4.85. The zero-order chi connectivity index (χ0) is 7.78. The molecule has 1 N–H and O–H groups in total. The number of rotatable bonds is 0. The van der Waals surface area contributed by atoms with E-state index in [0.29, 0.717) is 6.42 Å². The van der Waals surface area contributed by atoms with Gasteiger partial charge in [0.05, 0.1) is 0 Å². The summed E-state index contributed by atoms with van der Waals surface area (Å²) in [6.45, 7) is 1.66. The van der Waals surface area contributed by atoms with Crippen molar-refractivity contribution < 1.29 is 13.9 Å². The summed E-state index contributed by atoms with van der Waals surface area (Å²) in [5.74, 6) is -3.08. The Morgan fingerprint density at radius 1 is 1.50 bits per heavy atom. The second kappa shape index (κ2) is 2.46. The van der Waals surface area contributed by atoms with Crippen LogP contribution in [0, 0.1) is 5.92 Å². The molecular weight excluding hydrogens is 138 g/mol. The first-order valence-corrected chi connectivity index (χ1v) is 3.60. The molecule has 0 spiro atoms. The highest BCUT2D eigenvalue weighted by Gasteiger charge is 2.43. The molecule has 0 aromatic rings. The fourth-order valence-electron chi connectivity index (χ4n) is 1.38. The maximum absolute atomic E-state index is 12.6. The Balaban J connectivity index is 2.60. The summed E-state index contributed by atoms with van der Waals surface area (Å²) in [6.07, 6.45) is -0.318. The van der Waals surface area contributed by atoms with E-state index in [9.17, 15) is 8.78 Å². The van der Waals surface area contributed by atoms with Crippen molar-refractivity contribution in [2.24, 2.45) is 5.92 Å². The van der Waals surface area contributed by atoms with E-state index < -0.39 is 12.0 Å². The third-order valence-corrected chi connectivity index (χ3v) is 2.14. The van der Waals surface area contributed by atoms with E-state index >= 15 is 0 Å². The molecule has 0 radical (unpaired) electrons. The Morgan fingerprint density at radius 2 is 2.10 bits per heavy atom. The normalized spacial score (nSPS) is 39.6. The predicted molar refractivity (Wildman–Crippen MR) is 34.0 cm³/mol. The maximum atomic E-state index is 12.6. The van der Waals surface area contributed by atoms with Crippen molar-refractivity contribution in [3.05, 3.63) is 0 Å². The Labute approximate surface area is 59.0 Å². The van der Waals surface area contributed by atoms with Crippen molar-refractivity contribution in [3.8, 4) is 0 Å². The lowest BCUT2D eigenvalue weighted by Crippen LogP contribution is -2.41. The molecule has 2 unspecified atom stereocenters. The van der Waals surface area contributed by atoms with Gasteiger partial charge in [0.1, 0.15) is 6.10 Å². The maximum Gasteiger partial charge on any atom is 0.273 e. The Morgan fingerprint density at radius 3 is 2.50 bits per heavy atom. The lowest BCUT2D eigenvalue weighted by molar-refractivity contribution is -0.151. The molecule has 1 aliphatic carbocycles. The van der Waals surface area contributed by atoms with Crippen LogP contribution in [0.2, 0.25) is 0 Å². The number of halogens is 2. The van der Waals surface area contributed by atoms with E-state index in [2.05, 4.69) is 0 Å². The Hall–Kier alpha value is -0.180. The average molecular weight is 150 g/mol. The third kappa shape index (κ3) is 1.29. The van der Waals surface area contributed by atoms with Gasteiger partial charge in [0, 0.05) is 6.42 Å². The van der Waals surface area contributed by atoms with Crippen LogP contribution < -0.4 is 0 Å². The first-order chi connectivity index (χ1) is 4.54. The molecule has 0 bridgehead atoms. The van der Waals surface area contributed by atoms with Crippen molar-refractivity contribution in [2.45, 2.75) is 38.2 Å². The monoisotopic (exact) mass is 150 g/mol. The molecule has 0 aromatic carbocycles. The highest BCUT2D eigenvalue weighted by Crippen LogP contribution is 2.36. The van der Waals surface area contributed by atoms with Gasteiger partial charge in [-0.1, -0.05) is 6.92 Å². The summed E-state index contributed by atoms with van der Waals surface area (Å²) in [5.41, 5.74) is 0. The quantitative estimate of drug-likeness (QED) is 0.558. The second-order valence-corrected chi connectivity index (χ2v) is 3.08. The predicted octanol–water partition coefficient (Wildman–Crippen LogP) is 1.80. The summed E-state index contributed by atoms with van der Waals surface area (Å²) in [7, 11) is 0. The summed E-state index contributed by atoms with van der Waals surface area (Å²) in [5, 5.41) is 8.96. The molecular formula is C7H12F2O. The topological polar surface area (TPSA) is 20.2 Å². The average Bonchev–Trinajstić information content (AvgIpc) is 1.83. The molecule has 10 heavy (non-hydrogen) atoms. The van der Waals surface area contributed by atoms with Crippen molar-refractivity contribution in [1.82, 2.24) is 0 Å². The molecule has 1 saturated carbocycles. The van der Waals surface area contributed by atoms with Crippen LogP contribution in [0.3, 0.4) is 0 Å². The zero-order valence-electron chi connectivity index (χ0n) is 5.98. The molecule has 0 saturated heterocycles. The van der Waals surface area contributed by atoms with Gasteiger partial charge in [-0.25, -0.2) is 8.78 Å². The minimum Gasteiger partial charge on any atom is -0.387 e. The first-order valence-electron chi connectivity index (χ1n) is 3.60. The molecule has 1 aliphatic rings. The van der Waals surface area contributed by atoms with Gasteiger partial charge in [-0.15, -0.1) is 0 Å². The fraction of sp³-hybridized carbons (Fsp3) is 1.00. The fourth-order valence-corrected chi connectivity index (χ4v) is 1.38. The lowest BCUT2D eigenvalue weighted by Gasteiger charge is -2.32. The van der Waals surface area contributed by atoms with Crippen molar-refractivity contribution in [3.63, 3.8) is 0 Å². The van der Waals surface area contributed by atoms with Crippen molar-refractivity contribution >= 4 is 0 Å². The second-order valence-electron chi connectivity index (χ2n) is 3.08. The van der Waals surface area contributed by atoms with E-state index in [-0.39, 0.29) is 12.3 Å². The molecule has 1 fully saturated rings. The minimum atomic E-state index is -2.84. The van der Waals surface area contributed by atoms with Gasteiger partial charge in [-0.3, -0.25) is 0 Å². The largest absolute Gasteiger partial charge is 0.387 e. The zero-order valence-corrected chi connectivity index (χ0v) is 5.98. The lowest BCUT2D eigenvalue weighted by atomic mass is 9.85. The SMILES string of the molecule is CC1CCCC(F)(F)C1O. The van der Waals surface area contributed by atoms with Crippen molar-refractivity contribution in [2.75, 3.05) is 0 Å². The summed E-state index contributed by atoms with van der Waals surface area (Å²) < 4.78 is 25.2. The van der Waals surface area contributed by atoms with Gasteiger partial charge in [-0.05, 0) is 18.8 Å². The molecule has 1 nitrogen and oxygen atoms in total. The van der Waals surface area contributed by atoms with Crippen LogP contribution in [-0.4, -0.2) is 17.1 Å². The molecule has 2 atom stereocenters. The highest BCUT2D eigenvalue weighted by atomic mass is 19.3. The number of hydrogen-bond donors (Lipinski definition) is 1. The van der Waals surface area contributed by atoms with Gasteiger partial charge in [-0.2, -0.15) is 0 Å². The number of aliphatic hydroxyl groups excluding tert-OH is 1. The summed E-state index contributed by atoms with van der Waals surface area (Å²) in [4.78, 5) is 0. The van der Waals surface area contributed by atoms with Crippen LogP contribution in [0.5, 0.6) is 0 Å². The Kier molecular flexibility index (Phi) is 1.95. The van der Waals surface area contributed by atoms with Crippen LogP contribution in [0.1, 0.15) is 26.2 Å². The molecule has 60 valence electrons. The van der Waals surface area contributed by atoms with E-state index in [0.717, 1.165) is 6.42 Å². The van der Waals surface area contributed by atoms with Crippen LogP contribution >= 0.6 is 0 Å². The smallest absolute Gasteiger partial charge is 0.273 e. The first kappa shape index (κ1) is 7.92. The van der Waals surface area contributed by atoms with Gasteiger partial charge < -0.3 is 5.11 Å². The third-order valence-electron chi connectivity index (χ3n) is 2.14. The molecule has 0 aliphatic heterocycles. The van der Waals surface area contributed by atoms with E-state index in [1.165, 1.54) is 0 Å². The van der Waals surface area contributed by atoms with Crippen LogP contribution in [0.4, 0.5) is 8.78 Å². The van der Waals surface area contributed by atoms with E-state index in [4.69, 9.17) is 5.11 Å². The number of alkyl halides is 2. The van der Waals surface area contributed by atoms with Gasteiger partial charge in [0.2, 0.25) is 0 Å². The van der Waals surface area contributed by atoms with Crippen LogP contribution in [-0.2, 0) is 0 Å². The van der Waals surface area contributed by atoms with Gasteiger partial charge in [0.25, 0.3) is 5.92 Å². The summed E-state index contributed by atoms with van der Waals surface area (Å²) >= 11 is 0. The molecule has 3 heteroatoms. The van der Waals surface area contributed by atoms with Crippen molar-refractivity contribution in [1.29, 1.82) is 0 Å². The van der Waals surface area contributed by atoms with Gasteiger partial charge >= 0.3 is 0 Å². The molecule has 1 rings (SSSR count). The molecule has 0 amide bonds. The van der Waals surface area contributed by atoms with Crippen LogP contribution in [0.25, 0.3) is 0 Å². The molecule has 0 aromatic heterocycles. The van der Waals surface area contributed by atoms with Gasteiger partial charge in [0.15, 0.2) is 0 Å². The van der Waals surface area contributed by atoms with Crippen LogP contribution in [0.15, 0.2) is 0 Å². The minimum absolute atomic E-state index is 0.154. The number of aliphatic hydroxyl groups is 1.